The number of rotatable bonds is 10. The van der Waals surface area contributed by atoms with E-state index < -0.39 is 0 Å². The first kappa shape index (κ1) is 20.3. The van der Waals surface area contributed by atoms with Crippen molar-refractivity contribution in [3.05, 3.63) is 54.7 Å². The van der Waals surface area contributed by atoms with Crippen LogP contribution in [0.5, 0.6) is 5.75 Å². The lowest BCUT2D eigenvalue weighted by atomic mass is 10.2. The standard InChI is InChI=1S/C20H20N6O2S2/c1-2-27-16-7-4-3-6-15(16)22-19-24-25-20(30-19)29-13-5-8-17-23-18(26-28-17)14-9-11-21-12-10-14/h3-4,6-7,9-12H,2,5,8,13H2,1H3,(H,22,24). The van der Waals surface area contributed by atoms with Gasteiger partial charge in [0.25, 0.3) is 0 Å². The number of anilines is 2. The maximum Gasteiger partial charge on any atom is 0.226 e. The third-order valence-corrected chi connectivity index (χ3v) is 6.06. The average Bonchev–Trinajstić information content (AvgIpc) is 3.43. The molecule has 3 aromatic heterocycles. The van der Waals surface area contributed by atoms with E-state index in [4.69, 9.17) is 9.26 Å². The zero-order valence-electron chi connectivity index (χ0n) is 16.3. The first-order valence-corrected chi connectivity index (χ1v) is 11.3. The highest BCUT2D eigenvalue weighted by Crippen LogP contribution is 2.32. The van der Waals surface area contributed by atoms with Crippen LogP contribution in [0.25, 0.3) is 11.4 Å². The number of aryl methyl sites for hydroxylation is 1. The molecule has 0 aliphatic rings. The first-order chi connectivity index (χ1) is 14.8. The number of para-hydroxylation sites is 2. The van der Waals surface area contributed by atoms with Crippen LogP contribution in [0.2, 0.25) is 0 Å². The predicted octanol–water partition coefficient (Wildman–Crippen LogP) is 4.85. The van der Waals surface area contributed by atoms with Crippen LogP contribution < -0.4 is 10.1 Å². The summed E-state index contributed by atoms with van der Waals surface area (Å²) in [6, 6.07) is 11.5. The third-order valence-electron chi connectivity index (χ3n) is 4.00. The molecule has 4 aromatic rings. The zero-order valence-corrected chi connectivity index (χ0v) is 17.9. The van der Waals surface area contributed by atoms with Crippen LogP contribution in [0.3, 0.4) is 0 Å². The van der Waals surface area contributed by atoms with Gasteiger partial charge in [-0.25, -0.2) is 0 Å². The number of hydrogen-bond acceptors (Lipinski definition) is 10. The Hall–Kier alpha value is -2.98. The van der Waals surface area contributed by atoms with Gasteiger partial charge in [0.15, 0.2) is 4.34 Å². The molecule has 1 N–H and O–H groups in total. The van der Waals surface area contributed by atoms with E-state index in [1.54, 1.807) is 24.2 Å². The monoisotopic (exact) mass is 440 g/mol. The maximum atomic E-state index is 5.63. The van der Waals surface area contributed by atoms with Crippen LogP contribution in [-0.2, 0) is 6.42 Å². The first-order valence-electron chi connectivity index (χ1n) is 9.50. The molecule has 0 amide bonds. The summed E-state index contributed by atoms with van der Waals surface area (Å²) in [5.41, 5.74) is 1.78. The van der Waals surface area contributed by atoms with Gasteiger partial charge in [-0.05, 0) is 37.6 Å². The normalized spacial score (nSPS) is 10.8. The van der Waals surface area contributed by atoms with Gasteiger partial charge in [0.05, 0.1) is 12.3 Å². The number of hydrogen-bond donors (Lipinski definition) is 1. The van der Waals surface area contributed by atoms with Gasteiger partial charge in [0.2, 0.25) is 16.8 Å². The van der Waals surface area contributed by atoms with Gasteiger partial charge in [0, 0.05) is 30.1 Å². The van der Waals surface area contributed by atoms with Crippen LogP contribution in [0.15, 0.2) is 57.7 Å². The molecule has 10 heteroatoms. The molecule has 0 fully saturated rings. The van der Waals surface area contributed by atoms with E-state index in [0.717, 1.165) is 45.1 Å². The minimum Gasteiger partial charge on any atom is -0.492 e. The second-order valence-corrected chi connectivity index (χ2v) is 8.45. The molecule has 0 unspecified atom stereocenters. The topological polar surface area (TPSA) is 98.8 Å². The van der Waals surface area contributed by atoms with E-state index in [2.05, 4.69) is 30.6 Å². The second kappa shape index (κ2) is 10.2. The Morgan fingerprint density at radius 2 is 2.00 bits per heavy atom. The molecular formula is C20H20N6O2S2. The smallest absolute Gasteiger partial charge is 0.226 e. The third kappa shape index (κ3) is 5.33. The minimum absolute atomic E-state index is 0.590. The number of ether oxygens (including phenoxy) is 1. The van der Waals surface area contributed by atoms with Crippen molar-refractivity contribution in [2.75, 3.05) is 17.7 Å². The van der Waals surface area contributed by atoms with Crippen LogP contribution in [0.1, 0.15) is 19.2 Å². The molecule has 0 bridgehead atoms. The van der Waals surface area contributed by atoms with E-state index >= 15 is 0 Å². The molecule has 1 aromatic carbocycles. The highest BCUT2D eigenvalue weighted by atomic mass is 32.2. The molecular weight excluding hydrogens is 420 g/mol. The van der Waals surface area contributed by atoms with Gasteiger partial charge in [0.1, 0.15) is 5.75 Å². The molecule has 30 heavy (non-hydrogen) atoms. The Labute approximate surface area is 182 Å². The summed E-state index contributed by atoms with van der Waals surface area (Å²) in [6.45, 7) is 2.57. The van der Waals surface area contributed by atoms with Crippen LogP contribution in [0.4, 0.5) is 10.8 Å². The number of pyridine rings is 1. The Morgan fingerprint density at radius 1 is 1.13 bits per heavy atom. The predicted molar refractivity (Wildman–Crippen MR) is 117 cm³/mol. The summed E-state index contributed by atoms with van der Waals surface area (Å²) < 4.78 is 11.9. The van der Waals surface area contributed by atoms with Crippen LogP contribution >= 0.6 is 23.1 Å². The lowest BCUT2D eigenvalue weighted by Crippen LogP contribution is -1.97. The molecule has 0 radical (unpaired) electrons. The molecule has 8 nitrogen and oxygen atoms in total. The van der Waals surface area contributed by atoms with Gasteiger partial charge >= 0.3 is 0 Å². The highest BCUT2D eigenvalue weighted by Gasteiger charge is 2.10. The average molecular weight is 441 g/mol. The molecule has 0 aliphatic carbocycles. The molecule has 0 atom stereocenters. The van der Waals surface area contributed by atoms with Gasteiger partial charge in [-0.3, -0.25) is 4.98 Å². The quantitative estimate of drug-likeness (QED) is 0.274. The minimum atomic E-state index is 0.590. The van der Waals surface area contributed by atoms with Crippen LogP contribution in [-0.4, -0.2) is 37.7 Å². The van der Waals surface area contributed by atoms with E-state index in [9.17, 15) is 0 Å². The van der Waals surface area contributed by atoms with Gasteiger partial charge in [-0.2, -0.15) is 4.98 Å². The molecule has 4 rings (SSSR count). The van der Waals surface area contributed by atoms with Crippen molar-refractivity contribution in [2.45, 2.75) is 24.1 Å². The van der Waals surface area contributed by atoms with Gasteiger partial charge in [-0.1, -0.05) is 40.4 Å². The summed E-state index contributed by atoms with van der Waals surface area (Å²) in [7, 11) is 0. The van der Waals surface area contributed by atoms with Crippen LogP contribution in [0, 0.1) is 0 Å². The Balaban J connectivity index is 1.25. The van der Waals surface area contributed by atoms with Crippen molar-refractivity contribution in [2.24, 2.45) is 0 Å². The molecule has 3 heterocycles. The van der Waals surface area contributed by atoms with Gasteiger partial charge in [-0.15, -0.1) is 10.2 Å². The van der Waals surface area contributed by atoms with E-state index in [1.807, 2.05) is 43.3 Å². The summed E-state index contributed by atoms with van der Waals surface area (Å²) in [5, 5.41) is 16.5. The Bertz CT molecular complexity index is 1070. The van der Waals surface area contributed by atoms with Crippen molar-refractivity contribution in [3.8, 4) is 17.1 Å². The number of thioether (sulfide) groups is 1. The fraction of sp³-hybridized carbons (Fsp3) is 0.250. The van der Waals surface area contributed by atoms with E-state index in [0.29, 0.717) is 18.3 Å². The highest BCUT2D eigenvalue weighted by molar-refractivity contribution is 8.01. The number of nitrogens with zero attached hydrogens (tertiary/aromatic N) is 5. The molecule has 0 spiro atoms. The second-order valence-electron chi connectivity index (χ2n) is 6.13. The number of benzene rings is 1. The molecule has 0 aliphatic heterocycles. The van der Waals surface area contributed by atoms with Crippen molar-refractivity contribution in [1.29, 1.82) is 0 Å². The number of nitrogens with one attached hydrogen (secondary N) is 1. The molecule has 0 saturated carbocycles. The lowest BCUT2D eigenvalue weighted by Gasteiger charge is -2.09. The Morgan fingerprint density at radius 3 is 2.87 bits per heavy atom. The van der Waals surface area contributed by atoms with E-state index in [1.165, 1.54) is 11.3 Å². The lowest BCUT2D eigenvalue weighted by molar-refractivity contribution is 0.342. The van der Waals surface area contributed by atoms with Gasteiger partial charge < -0.3 is 14.6 Å². The SMILES string of the molecule is CCOc1ccccc1Nc1nnc(SCCCc2nc(-c3ccncc3)no2)s1. The maximum absolute atomic E-state index is 5.63. The van der Waals surface area contributed by atoms with Crippen molar-refractivity contribution >= 4 is 33.9 Å². The summed E-state index contributed by atoms with van der Waals surface area (Å²) in [4.78, 5) is 8.43. The largest absolute Gasteiger partial charge is 0.492 e. The fourth-order valence-corrected chi connectivity index (χ4v) is 4.42. The Kier molecular flexibility index (Phi) is 6.88. The fourth-order valence-electron chi connectivity index (χ4n) is 2.64. The number of aromatic nitrogens is 5. The van der Waals surface area contributed by atoms with E-state index in [-0.39, 0.29) is 0 Å². The molecule has 154 valence electrons. The summed E-state index contributed by atoms with van der Waals surface area (Å²) >= 11 is 3.18. The molecule has 0 saturated heterocycles. The van der Waals surface area contributed by atoms with Crippen molar-refractivity contribution in [1.82, 2.24) is 25.3 Å². The summed E-state index contributed by atoms with van der Waals surface area (Å²) in [6.07, 6.45) is 5.04. The van der Waals surface area contributed by atoms with Crippen molar-refractivity contribution < 1.29 is 9.26 Å². The van der Waals surface area contributed by atoms with Crippen molar-refractivity contribution in [3.63, 3.8) is 0 Å². The summed E-state index contributed by atoms with van der Waals surface area (Å²) in [5.74, 6) is 2.91. The zero-order chi connectivity index (χ0) is 20.6.